The second kappa shape index (κ2) is 7.53. The number of nitrogens with zero attached hydrogens (tertiary/aromatic N) is 2. The summed E-state index contributed by atoms with van der Waals surface area (Å²) in [5.74, 6) is 1.14. The molecule has 1 aromatic rings. The Labute approximate surface area is 125 Å². The molecular weight excluding hydrogens is 268 g/mol. The quantitative estimate of drug-likeness (QED) is 0.736. The van der Waals surface area contributed by atoms with Crippen molar-refractivity contribution in [1.29, 1.82) is 5.26 Å². The van der Waals surface area contributed by atoms with Crippen LogP contribution in [0.4, 0.5) is 0 Å². The van der Waals surface area contributed by atoms with Gasteiger partial charge in [0, 0.05) is 12.6 Å². The third-order valence-corrected chi connectivity index (χ3v) is 3.27. The summed E-state index contributed by atoms with van der Waals surface area (Å²) in [4.78, 5) is 14.0. The van der Waals surface area contributed by atoms with Crippen LogP contribution in [0.2, 0.25) is 0 Å². The van der Waals surface area contributed by atoms with Gasteiger partial charge >= 0.3 is 0 Å². The molecule has 5 nitrogen and oxygen atoms in total. The van der Waals surface area contributed by atoms with Crippen molar-refractivity contribution in [2.45, 2.75) is 32.2 Å². The van der Waals surface area contributed by atoms with Crippen LogP contribution < -0.4 is 9.47 Å². The van der Waals surface area contributed by atoms with Crippen molar-refractivity contribution in [1.82, 2.24) is 4.90 Å². The van der Waals surface area contributed by atoms with Crippen LogP contribution >= 0.6 is 0 Å². The minimum Gasteiger partial charge on any atom is -0.490 e. The molecule has 1 saturated carbocycles. The molecule has 0 heterocycles. The zero-order valence-corrected chi connectivity index (χ0v) is 12.2. The Hall–Kier alpha value is -2.22. The van der Waals surface area contributed by atoms with Gasteiger partial charge in [-0.2, -0.15) is 5.26 Å². The van der Waals surface area contributed by atoms with Crippen molar-refractivity contribution in [2.75, 3.05) is 19.8 Å². The summed E-state index contributed by atoms with van der Waals surface area (Å²) in [6.07, 6.45) is 2.40. The summed E-state index contributed by atoms with van der Waals surface area (Å²) in [7, 11) is 0. The van der Waals surface area contributed by atoms with Gasteiger partial charge in [0.1, 0.15) is 0 Å². The highest BCUT2D eigenvalue weighted by atomic mass is 16.5. The molecule has 1 aliphatic rings. The van der Waals surface area contributed by atoms with Gasteiger partial charge in [-0.1, -0.05) is 12.1 Å². The highest BCUT2D eigenvalue weighted by Gasteiger charge is 2.32. The molecule has 0 aliphatic heterocycles. The molecule has 0 radical (unpaired) electrons. The van der Waals surface area contributed by atoms with E-state index in [9.17, 15) is 4.79 Å². The van der Waals surface area contributed by atoms with E-state index >= 15 is 0 Å². The van der Waals surface area contributed by atoms with Gasteiger partial charge in [-0.25, -0.2) is 0 Å². The van der Waals surface area contributed by atoms with Gasteiger partial charge in [0.25, 0.3) is 5.91 Å². The van der Waals surface area contributed by atoms with Crippen molar-refractivity contribution < 1.29 is 14.3 Å². The van der Waals surface area contributed by atoms with Gasteiger partial charge < -0.3 is 14.4 Å². The molecule has 5 heteroatoms. The highest BCUT2D eigenvalue weighted by Crippen LogP contribution is 2.28. The van der Waals surface area contributed by atoms with E-state index in [2.05, 4.69) is 6.07 Å². The summed E-state index contributed by atoms with van der Waals surface area (Å²) in [5.41, 5.74) is 0. The van der Waals surface area contributed by atoms with E-state index in [0.717, 1.165) is 12.8 Å². The van der Waals surface area contributed by atoms with Crippen molar-refractivity contribution >= 4 is 5.91 Å². The first kappa shape index (κ1) is 15.2. The normalized spacial score (nSPS) is 13.3. The summed E-state index contributed by atoms with van der Waals surface area (Å²) in [6, 6.07) is 9.68. The summed E-state index contributed by atoms with van der Waals surface area (Å²) < 4.78 is 11.1. The van der Waals surface area contributed by atoms with Crippen LogP contribution in [0.5, 0.6) is 11.5 Å². The van der Waals surface area contributed by atoms with Crippen LogP contribution in [0.25, 0.3) is 0 Å². The average Bonchev–Trinajstić information content (AvgIpc) is 3.32. The number of benzene rings is 1. The molecule has 1 fully saturated rings. The van der Waals surface area contributed by atoms with E-state index in [0.29, 0.717) is 31.1 Å². The third kappa shape index (κ3) is 4.38. The second-order valence-electron chi connectivity index (χ2n) is 4.89. The molecule has 0 unspecified atom stereocenters. The molecule has 1 aliphatic carbocycles. The number of nitriles is 1. The zero-order chi connectivity index (χ0) is 15.1. The Bertz CT molecular complexity index is 520. The van der Waals surface area contributed by atoms with Crippen LogP contribution in [0.1, 0.15) is 26.2 Å². The SMILES string of the molecule is CCOc1ccccc1OCC(=O)N(CCC#N)C1CC1. The monoisotopic (exact) mass is 288 g/mol. The van der Waals surface area contributed by atoms with Crippen LogP contribution in [0, 0.1) is 11.3 Å². The first-order chi connectivity index (χ1) is 10.3. The predicted molar refractivity (Wildman–Crippen MR) is 78.1 cm³/mol. The standard InChI is InChI=1S/C16H20N2O3/c1-2-20-14-6-3-4-7-15(14)21-12-16(19)18(11-5-10-17)13-8-9-13/h3-4,6-7,13H,2,5,8-9,11-12H2,1H3. The Morgan fingerprint density at radius 3 is 2.57 bits per heavy atom. The molecular formula is C16H20N2O3. The van der Waals surface area contributed by atoms with Gasteiger partial charge in [0.15, 0.2) is 18.1 Å². The summed E-state index contributed by atoms with van der Waals surface area (Å²) >= 11 is 0. The minimum atomic E-state index is -0.0703. The maximum Gasteiger partial charge on any atom is 0.260 e. The van der Waals surface area contributed by atoms with E-state index in [4.69, 9.17) is 14.7 Å². The maximum absolute atomic E-state index is 12.2. The fourth-order valence-electron chi connectivity index (χ4n) is 2.13. The van der Waals surface area contributed by atoms with E-state index in [-0.39, 0.29) is 18.6 Å². The van der Waals surface area contributed by atoms with Gasteiger partial charge in [-0.3, -0.25) is 4.79 Å². The van der Waals surface area contributed by atoms with Crippen LogP contribution in [0.3, 0.4) is 0 Å². The average molecular weight is 288 g/mol. The molecule has 0 saturated heterocycles. The van der Waals surface area contributed by atoms with Crippen LogP contribution in [-0.2, 0) is 4.79 Å². The Morgan fingerprint density at radius 2 is 2.00 bits per heavy atom. The predicted octanol–water partition coefficient (Wildman–Crippen LogP) is 2.37. The topological polar surface area (TPSA) is 62.6 Å². The van der Waals surface area contributed by atoms with Crippen molar-refractivity contribution in [3.05, 3.63) is 24.3 Å². The van der Waals surface area contributed by atoms with Gasteiger partial charge in [-0.05, 0) is 31.9 Å². The first-order valence-corrected chi connectivity index (χ1v) is 7.27. The number of hydrogen-bond donors (Lipinski definition) is 0. The second-order valence-corrected chi connectivity index (χ2v) is 4.89. The Morgan fingerprint density at radius 1 is 1.33 bits per heavy atom. The summed E-state index contributed by atoms with van der Waals surface area (Å²) in [6.45, 7) is 2.91. The van der Waals surface area contributed by atoms with Crippen molar-refractivity contribution in [3.63, 3.8) is 0 Å². The fraction of sp³-hybridized carbons (Fsp3) is 0.500. The number of hydrogen-bond acceptors (Lipinski definition) is 4. The fourth-order valence-corrected chi connectivity index (χ4v) is 2.13. The lowest BCUT2D eigenvalue weighted by Crippen LogP contribution is -2.37. The van der Waals surface area contributed by atoms with Crippen molar-refractivity contribution in [2.24, 2.45) is 0 Å². The van der Waals surface area contributed by atoms with Gasteiger partial charge in [-0.15, -0.1) is 0 Å². The molecule has 0 spiro atoms. The largest absolute Gasteiger partial charge is 0.490 e. The molecule has 21 heavy (non-hydrogen) atoms. The molecule has 0 N–H and O–H groups in total. The number of ether oxygens (including phenoxy) is 2. The molecule has 2 rings (SSSR count). The molecule has 1 aromatic carbocycles. The Balaban J connectivity index is 1.92. The number of rotatable bonds is 8. The van der Waals surface area contributed by atoms with E-state index < -0.39 is 0 Å². The molecule has 0 atom stereocenters. The van der Waals surface area contributed by atoms with Crippen LogP contribution in [-0.4, -0.2) is 36.6 Å². The lowest BCUT2D eigenvalue weighted by molar-refractivity contribution is -0.133. The number of amides is 1. The van der Waals surface area contributed by atoms with Crippen LogP contribution in [0.15, 0.2) is 24.3 Å². The molecule has 112 valence electrons. The smallest absolute Gasteiger partial charge is 0.260 e. The first-order valence-electron chi connectivity index (χ1n) is 7.27. The molecule has 1 amide bonds. The molecule has 0 bridgehead atoms. The number of carbonyl (C=O) groups is 1. The van der Waals surface area contributed by atoms with Gasteiger partial charge in [0.2, 0.25) is 0 Å². The Kier molecular flexibility index (Phi) is 5.44. The van der Waals surface area contributed by atoms with Crippen molar-refractivity contribution in [3.8, 4) is 17.6 Å². The number of para-hydroxylation sites is 2. The molecule has 0 aromatic heterocycles. The zero-order valence-electron chi connectivity index (χ0n) is 12.2. The maximum atomic E-state index is 12.2. The minimum absolute atomic E-state index is 0.0218. The third-order valence-electron chi connectivity index (χ3n) is 3.27. The highest BCUT2D eigenvalue weighted by molar-refractivity contribution is 5.78. The van der Waals surface area contributed by atoms with E-state index in [1.807, 2.05) is 25.1 Å². The lowest BCUT2D eigenvalue weighted by Gasteiger charge is -2.21. The number of carbonyl (C=O) groups excluding carboxylic acids is 1. The summed E-state index contributed by atoms with van der Waals surface area (Å²) in [5, 5.41) is 8.67. The van der Waals surface area contributed by atoms with Gasteiger partial charge in [0.05, 0.1) is 19.1 Å². The lowest BCUT2D eigenvalue weighted by atomic mass is 10.3. The van der Waals surface area contributed by atoms with E-state index in [1.54, 1.807) is 11.0 Å². The van der Waals surface area contributed by atoms with E-state index in [1.165, 1.54) is 0 Å².